The fraction of sp³-hybridized carbons (Fsp3) is 0.684. The van der Waals surface area contributed by atoms with Gasteiger partial charge in [0.1, 0.15) is 0 Å². The van der Waals surface area contributed by atoms with Crippen LogP contribution in [0, 0.1) is 0 Å². The van der Waals surface area contributed by atoms with E-state index in [1.165, 1.54) is 31.4 Å². The van der Waals surface area contributed by atoms with E-state index in [2.05, 4.69) is 62.9 Å². The lowest BCUT2D eigenvalue weighted by Crippen LogP contribution is -2.60. The molecule has 1 atom stereocenters. The van der Waals surface area contributed by atoms with Crippen molar-refractivity contribution in [3.8, 4) is 0 Å². The first-order chi connectivity index (χ1) is 10.2. The minimum atomic E-state index is 0.248. The molecule has 3 heteroatoms. The number of hydrogen-bond donors (Lipinski definition) is 0. The van der Waals surface area contributed by atoms with E-state index in [4.69, 9.17) is 11.6 Å². The zero-order valence-corrected chi connectivity index (χ0v) is 15.6. The molecule has 1 saturated heterocycles. The molecule has 1 fully saturated rings. The first-order valence-electron chi connectivity index (χ1n) is 8.40. The van der Waals surface area contributed by atoms with Crippen LogP contribution in [0.5, 0.6) is 0 Å². The minimum absolute atomic E-state index is 0.248. The summed E-state index contributed by atoms with van der Waals surface area (Å²) in [5.41, 5.74) is 1.87. The molecular formula is C19H31ClN2. The van der Waals surface area contributed by atoms with Crippen molar-refractivity contribution in [1.82, 2.24) is 9.80 Å². The lowest BCUT2D eigenvalue weighted by Gasteiger charge is -2.51. The van der Waals surface area contributed by atoms with Gasteiger partial charge in [-0.3, -0.25) is 4.90 Å². The number of hydrogen-bond acceptors (Lipinski definition) is 2. The van der Waals surface area contributed by atoms with E-state index < -0.39 is 0 Å². The lowest BCUT2D eigenvalue weighted by molar-refractivity contribution is -0.00392. The van der Waals surface area contributed by atoms with Crippen LogP contribution in [0.25, 0.3) is 0 Å². The maximum absolute atomic E-state index is 6.13. The summed E-state index contributed by atoms with van der Waals surface area (Å²) >= 11 is 6.13. The van der Waals surface area contributed by atoms with Crippen molar-refractivity contribution in [3.05, 3.63) is 34.9 Å². The third kappa shape index (κ3) is 4.24. The SMILES string of the molecule is CN(C)[C@@]1(CCc2cccc(Cl)c2)CCCN(C(C)(C)C)C1. The first kappa shape index (κ1) is 17.8. The standard InChI is InChI=1S/C19H31ClN2/c1-18(2,3)22-13-7-11-19(15-22,21(4)5)12-10-16-8-6-9-17(20)14-16/h6,8-9,14H,7,10-13,15H2,1-5H3/t19-/m1/s1. The molecule has 1 aromatic carbocycles. The molecule has 0 aliphatic carbocycles. The summed E-state index contributed by atoms with van der Waals surface area (Å²) in [7, 11) is 4.48. The fourth-order valence-electron chi connectivity index (χ4n) is 3.55. The van der Waals surface area contributed by atoms with Crippen molar-refractivity contribution in [3.63, 3.8) is 0 Å². The van der Waals surface area contributed by atoms with Gasteiger partial charge in [0.05, 0.1) is 0 Å². The maximum atomic E-state index is 6.13. The van der Waals surface area contributed by atoms with Crippen LogP contribution in [0.3, 0.4) is 0 Å². The van der Waals surface area contributed by atoms with Crippen LogP contribution >= 0.6 is 11.6 Å². The summed E-state index contributed by atoms with van der Waals surface area (Å²) in [6.45, 7) is 9.36. The molecule has 0 radical (unpaired) electrons. The molecule has 2 nitrogen and oxygen atoms in total. The molecule has 0 unspecified atom stereocenters. The molecule has 0 spiro atoms. The van der Waals surface area contributed by atoms with Gasteiger partial charge in [0.25, 0.3) is 0 Å². The van der Waals surface area contributed by atoms with Crippen LogP contribution in [-0.2, 0) is 6.42 Å². The number of likely N-dealkylation sites (N-methyl/N-ethyl adjacent to an activating group) is 1. The smallest absolute Gasteiger partial charge is 0.0408 e. The van der Waals surface area contributed by atoms with Crippen molar-refractivity contribution >= 4 is 11.6 Å². The van der Waals surface area contributed by atoms with Crippen LogP contribution in [0.1, 0.15) is 45.6 Å². The Bertz CT molecular complexity index is 492. The average molecular weight is 323 g/mol. The van der Waals surface area contributed by atoms with E-state index in [1.54, 1.807) is 0 Å². The molecule has 1 heterocycles. The second kappa shape index (κ2) is 6.90. The number of halogens is 1. The first-order valence-corrected chi connectivity index (χ1v) is 8.78. The summed E-state index contributed by atoms with van der Waals surface area (Å²) in [5, 5.41) is 0.844. The highest BCUT2D eigenvalue weighted by Gasteiger charge is 2.39. The average Bonchev–Trinajstić information content (AvgIpc) is 2.44. The highest BCUT2D eigenvalue weighted by atomic mass is 35.5. The molecule has 0 aromatic heterocycles. The summed E-state index contributed by atoms with van der Waals surface area (Å²) < 4.78 is 0. The van der Waals surface area contributed by atoms with E-state index in [0.29, 0.717) is 0 Å². The summed E-state index contributed by atoms with van der Waals surface area (Å²) in [6.07, 6.45) is 4.85. The molecule has 2 rings (SSSR count). The Balaban J connectivity index is 2.11. The number of aryl methyl sites for hydroxylation is 1. The fourth-order valence-corrected chi connectivity index (χ4v) is 3.76. The van der Waals surface area contributed by atoms with Gasteiger partial charge in [0.2, 0.25) is 0 Å². The largest absolute Gasteiger partial charge is 0.302 e. The normalized spacial score (nSPS) is 24.0. The van der Waals surface area contributed by atoms with Gasteiger partial charge in [0.15, 0.2) is 0 Å². The monoisotopic (exact) mass is 322 g/mol. The van der Waals surface area contributed by atoms with Crippen molar-refractivity contribution in [2.45, 2.75) is 57.5 Å². The molecule has 0 bridgehead atoms. The summed E-state index contributed by atoms with van der Waals surface area (Å²) in [4.78, 5) is 5.10. The zero-order valence-electron chi connectivity index (χ0n) is 14.8. The Morgan fingerprint density at radius 2 is 2.00 bits per heavy atom. The molecule has 1 aromatic rings. The Hall–Kier alpha value is -0.570. The number of likely N-dealkylation sites (tertiary alicyclic amines) is 1. The third-order valence-electron chi connectivity index (χ3n) is 5.22. The van der Waals surface area contributed by atoms with E-state index in [9.17, 15) is 0 Å². The second-order valence-electron chi connectivity index (χ2n) is 7.94. The molecule has 22 heavy (non-hydrogen) atoms. The maximum Gasteiger partial charge on any atom is 0.0408 e. The summed E-state index contributed by atoms with van der Waals surface area (Å²) in [6, 6.07) is 8.31. The molecule has 124 valence electrons. The van der Waals surface area contributed by atoms with Crippen LogP contribution < -0.4 is 0 Å². The predicted molar refractivity (Wildman–Crippen MR) is 96.8 cm³/mol. The number of rotatable bonds is 4. The van der Waals surface area contributed by atoms with E-state index in [1.807, 2.05) is 6.07 Å². The van der Waals surface area contributed by atoms with Crippen LogP contribution in [0.15, 0.2) is 24.3 Å². The van der Waals surface area contributed by atoms with Gasteiger partial charge in [-0.25, -0.2) is 0 Å². The van der Waals surface area contributed by atoms with Crippen LogP contribution in [-0.4, -0.2) is 48.1 Å². The molecule has 0 saturated carbocycles. The molecule has 0 amide bonds. The van der Waals surface area contributed by atoms with Crippen molar-refractivity contribution in [1.29, 1.82) is 0 Å². The lowest BCUT2D eigenvalue weighted by atomic mass is 9.81. The van der Waals surface area contributed by atoms with Crippen molar-refractivity contribution in [2.24, 2.45) is 0 Å². The minimum Gasteiger partial charge on any atom is -0.302 e. The second-order valence-corrected chi connectivity index (χ2v) is 8.38. The quantitative estimate of drug-likeness (QED) is 0.807. The highest BCUT2D eigenvalue weighted by Crippen LogP contribution is 2.33. The molecule has 1 aliphatic rings. The zero-order chi connectivity index (χ0) is 16.4. The van der Waals surface area contributed by atoms with Gasteiger partial charge in [-0.1, -0.05) is 23.7 Å². The van der Waals surface area contributed by atoms with Gasteiger partial charge >= 0.3 is 0 Å². The van der Waals surface area contributed by atoms with E-state index in [-0.39, 0.29) is 11.1 Å². The topological polar surface area (TPSA) is 6.48 Å². The molecule has 1 aliphatic heterocycles. The van der Waals surface area contributed by atoms with Gasteiger partial charge < -0.3 is 4.90 Å². The number of piperidine rings is 1. The number of nitrogens with zero attached hydrogens (tertiary/aromatic N) is 2. The van der Waals surface area contributed by atoms with E-state index >= 15 is 0 Å². The molecular weight excluding hydrogens is 292 g/mol. The highest BCUT2D eigenvalue weighted by molar-refractivity contribution is 6.30. The van der Waals surface area contributed by atoms with Gasteiger partial charge in [-0.05, 0) is 84.8 Å². The predicted octanol–water partition coefficient (Wildman–Crippen LogP) is 4.47. The van der Waals surface area contributed by atoms with Crippen molar-refractivity contribution in [2.75, 3.05) is 27.2 Å². The Kier molecular flexibility index (Phi) is 5.58. The molecule has 0 N–H and O–H groups in total. The number of benzene rings is 1. The van der Waals surface area contributed by atoms with E-state index in [0.717, 1.165) is 18.0 Å². The van der Waals surface area contributed by atoms with Crippen LogP contribution in [0.2, 0.25) is 5.02 Å². The van der Waals surface area contributed by atoms with Gasteiger partial charge in [-0.15, -0.1) is 0 Å². The Morgan fingerprint density at radius 1 is 1.27 bits per heavy atom. The van der Waals surface area contributed by atoms with Gasteiger partial charge in [0, 0.05) is 22.6 Å². The van der Waals surface area contributed by atoms with Crippen molar-refractivity contribution < 1.29 is 0 Å². The van der Waals surface area contributed by atoms with Gasteiger partial charge in [-0.2, -0.15) is 0 Å². The Morgan fingerprint density at radius 3 is 2.59 bits per heavy atom. The third-order valence-corrected chi connectivity index (χ3v) is 5.46. The van der Waals surface area contributed by atoms with Crippen LogP contribution in [0.4, 0.5) is 0 Å². The summed E-state index contributed by atoms with van der Waals surface area (Å²) in [5.74, 6) is 0. The Labute approximate surface area is 141 Å².